The smallest absolute Gasteiger partial charge is 0.310 e. The van der Waals surface area contributed by atoms with Crippen molar-refractivity contribution >= 4 is 16.0 Å². The Morgan fingerprint density at radius 3 is 2.16 bits per heavy atom. The zero-order chi connectivity index (χ0) is 14.5. The highest BCUT2D eigenvalue weighted by Crippen LogP contribution is 2.35. The minimum atomic E-state index is -3.38. The third-order valence-corrected chi connectivity index (χ3v) is 5.39. The number of carboxylic acids is 1. The number of hydrogen-bond donors (Lipinski definition) is 2. The van der Waals surface area contributed by atoms with Gasteiger partial charge in [0.25, 0.3) is 0 Å². The maximum absolute atomic E-state index is 11.8. The van der Waals surface area contributed by atoms with Crippen LogP contribution >= 0.6 is 0 Å². The molecule has 19 heavy (non-hydrogen) atoms. The molecule has 0 radical (unpaired) electrons. The Balaban J connectivity index is 2.71. The molecule has 2 N–H and O–H groups in total. The molecule has 0 aromatic rings. The number of sulfonamides is 1. The summed E-state index contributed by atoms with van der Waals surface area (Å²) < 4.78 is 26.2. The highest BCUT2D eigenvalue weighted by atomic mass is 32.2. The van der Waals surface area contributed by atoms with Crippen LogP contribution in [0.4, 0.5) is 0 Å². The van der Waals surface area contributed by atoms with E-state index in [1.165, 1.54) is 0 Å². The predicted octanol–water partition coefficient (Wildman–Crippen LogP) is 1.99. The molecule has 1 saturated carbocycles. The van der Waals surface area contributed by atoms with Crippen molar-refractivity contribution in [1.82, 2.24) is 4.72 Å². The number of nitrogens with one attached hydrogen (secondary N) is 1. The normalized spacial score (nSPS) is 20.2. The van der Waals surface area contributed by atoms with Crippen LogP contribution in [-0.2, 0) is 14.8 Å². The minimum Gasteiger partial charge on any atom is -0.481 e. The van der Waals surface area contributed by atoms with E-state index in [0.29, 0.717) is 12.8 Å². The number of hydrogen-bond acceptors (Lipinski definition) is 3. The molecule has 0 amide bonds. The summed E-state index contributed by atoms with van der Waals surface area (Å²) in [6, 6.07) is 0. The van der Waals surface area contributed by atoms with Crippen molar-refractivity contribution in [1.29, 1.82) is 0 Å². The van der Waals surface area contributed by atoms with Gasteiger partial charge in [-0.25, -0.2) is 13.1 Å². The van der Waals surface area contributed by atoms with Gasteiger partial charge in [-0.15, -0.1) is 0 Å². The Labute approximate surface area is 115 Å². The molecule has 0 aliphatic heterocycles. The fraction of sp³-hybridized carbons (Fsp3) is 0.923. The second-order valence-corrected chi connectivity index (χ2v) is 7.85. The molecule has 1 fully saturated rings. The molecule has 0 heterocycles. The summed E-state index contributed by atoms with van der Waals surface area (Å²) in [5.74, 6) is -0.794. The van der Waals surface area contributed by atoms with Gasteiger partial charge in [-0.1, -0.05) is 39.5 Å². The summed E-state index contributed by atoms with van der Waals surface area (Å²) >= 11 is 0. The van der Waals surface area contributed by atoms with Crippen molar-refractivity contribution in [3.05, 3.63) is 0 Å². The monoisotopic (exact) mass is 291 g/mol. The lowest BCUT2D eigenvalue weighted by Crippen LogP contribution is -2.43. The molecule has 1 aliphatic carbocycles. The minimum absolute atomic E-state index is 0.0252. The number of aliphatic carboxylic acids is 1. The van der Waals surface area contributed by atoms with Crippen molar-refractivity contribution in [2.24, 2.45) is 11.3 Å². The van der Waals surface area contributed by atoms with Gasteiger partial charge in [-0.05, 0) is 18.8 Å². The molecule has 6 heteroatoms. The van der Waals surface area contributed by atoms with Crippen molar-refractivity contribution in [3.63, 3.8) is 0 Å². The van der Waals surface area contributed by atoms with Gasteiger partial charge in [0.15, 0.2) is 0 Å². The average Bonchev–Trinajstić information content (AvgIpc) is 2.51. The van der Waals surface area contributed by atoms with E-state index in [-0.39, 0.29) is 18.2 Å². The fourth-order valence-electron chi connectivity index (χ4n) is 2.62. The van der Waals surface area contributed by atoms with Gasteiger partial charge in [0.05, 0.1) is 11.2 Å². The molecule has 0 unspecified atom stereocenters. The third-order valence-electron chi connectivity index (χ3n) is 3.70. The van der Waals surface area contributed by atoms with Crippen molar-refractivity contribution in [2.75, 3.05) is 12.3 Å². The number of rotatable bonds is 6. The third kappa shape index (κ3) is 5.10. The first-order valence-corrected chi connectivity index (χ1v) is 8.63. The van der Waals surface area contributed by atoms with E-state index >= 15 is 0 Å². The molecule has 1 rings (SSSR count). The fourth-order valence-corrected chi connectivity index (χ4v) is 4.11. The Kier molecular flexibility index (Phi) is 5.80. The second kappa shape index (κ2) is 6.70. The van der Waals surface area contributed by atoms with E-state index < -0.39 is 21.4 Å². The molecule has 0 bridgehead atoms. The standard InChI is InChI=1S/C13H25NO4S/c1-11(2)9-19(17,18)14-10-13(12(15)16)7-5-3-4-6-8-13/h11,14H,3-10H2,1-2H3,(H,15,16). The first kappa shape index (κ1) is 16.4. The van der Waals surface area contributed by atoms with Crippen LogP contribution in [0.3, 0.4) is 0 Å². The Bertz CT molecular complexity index is 395. The van der Waals surface area contributed by atoms with Crippen LogP contribution < -0.4 is 4.72 Å². The highest BCUT2D eigenvalue weighted by Gasteiger charge is 2.39. The molecule has 0 saturated heterocycles. The van der Waals surface area contributed by atoms with Gasteiger partial charge in [0.2, 0.25) is 10.0 Å². The summed E-state index contributed by atoms with van der Waals surface area (Å²) in [4.78, 5) is 11.5. The molecule has 0 atom stereocenters. The first-order chi connectivity index (χ1) is 8.77. The van der Waals surface area contributed by atoms with Gasteiger partial charge in [0.1, 0.15) is 0 Å². The van der Waals surface area contributed by atoms with E-state index in [1.54, 1.807) is 0 Å². The molecule has 5 nitrogen and oxygen atoms in total. The van der Waals surface area contributed by atoms with E-state index in [9.17, 15) is 18.3 Å². The van der Waals surface area contributed by atoms with Crippen molar-refractivity contribution in [2.45, 2.75) is 52.4 Å². The van der Waals surface area contributed by atoms with Gasteiger partial charge in [0, 0.05) is 6.54 Å². The quantitative estimate of drug-likeness (QED) is 0.733. The van der Waals surface area contributed by atoms with Crippen LogP contribution in [-0.4, -0.2) is 31.8 Å². The number of carbonyl (C=O) groups is 1. The van der Waals surface area contributed by atoms with Gasteiger partial charge < -0.3 is 5.11 Å². The molecular formula is C13H25NO4S. The van der Waals surface area contributed by atoms with Gasteiger partial charge in [-0.3, -0.25) is 4.79 Å². The lowest BCUT2D eigenvalue weighted by atomic mass is 9.80. The van der Waals surface area contributed by atoms with Crippen LogP contribution in [0.25, 0.3) is 0 Å². The van der Waals surface area contributed by atoms with Crippen molar-refractivity contribution < 1.29 is 18.3 Å². The maximum Gasteiger partial charge on any atom is 0.310 e. The Morgan fingerprint density at radius 2 is 1.74 bits per heavy atom. The molecular weight excluding hydrogens is 266 g/mol. The zero-order valence-electron chi connectivity index (χ0n) is 11.8. The summed E-state index contributed by atoms with van der Waals surface area (Å²) in [5, 5.41) is 9.46. The Morgan fingerprint density at radius 1 is 1.21 bits per heavy atom. The predicted molar refractivity (Wildman–Crippen MR) is 74.4 cm³/mol. The van der Waals surface area contributed by atoms with E-state index in [1.807, 2.05) is 13.8 Å². The number of carboxylic acid groups (broad SMARTS) is 1. The second-order valence-electron chi connectivity index (χ2n) is 6.00. The van der Waals surface area contributed by atoms with Crippen LogP contribution in [0.2, 0.25) is 0 Å². The lowest BCUT2D eigenvalue weighted by molar-refractivity contribution is -0.149. The van der Waals surface area contributed by atoms with Crippen LogP contribution in [0.15, 0.2) is 0 Å². The van der Waals surface area contributed by atoms with E-state index in [4.69, 9.17) is 0 Å². The van der Waals surface area contributed by atoms with Crippen LogP contribution in [0.1, 0.15) is 52.4 Å². The van der Waals surface area contributed by atoms with Gasteiger partial charge in [-0.2, -0.15) is 0 Å². The molecule has 112 valence electrons. The SMILES string of the molecule is CC(C)CS(=O)(=O)NCC1(C(=O)O)CCCCCC1. The lowest BCUT2D eigenvalue weighted by Gasteiger charge is -2.28. The highest BCUT2D eigenvalue weighted by molar-refractivity contribution is 7.89. The molecule has 0 aromatic carbocycles. The maximum atomic E-state index is 11.8. The average molecular weight is 291 g/mol. The van der Waals surface area contributed by atoms with Crippen molar-refractivity contribution in [3.8, 4) is 0 Å². The van der Waals surface area contributed by atoms with Crippen LogP contribution in [0.5, 0.6) is 0 Å². The zero-order valence-corrected chi connectivity index (χ0v) is 12.6. The molecule has 0 spiro atoms. The first-order valence-electron chi connectivity index (χ1n) is 6.98. The Hall–Kier alpha value is -0.620. The molecule has 0 aromatic heterocycles. The summed E-state index contributed by atoms with van der Waals surface area (Å²) in [6.07, 6.45) is 4.91. The topological polar surface area (TPSA) is 83.5 Å². The van der Waals surface area contributed by atoms with Gasteiger partial charge >= 0.3 is 5.97 Å². The summed E-state index contributed by atoms with van der Waals surface area (Å²) in [5.41, 5.74) is -0.916. The summed E-state index contributed by atoms with van der Waals surface area (Å²) in [6.45, 7) is 3.69. The van der Waals surface area contributed by atoms with Crippen LogP contribution in [0, 0.1) is 11.3 Å². The van der Waals surface area contributed by atoms with E-state index in [0.717, 1.165) is 25.7 Å². The van der Waals surface area contributed by atoms with E-state index in [2.05, 4.69) is 4.72 Å². The summed E-state index contributed by atoms with van der Waals surface area (Å²) in [7, 11) is -3.38. The molecule has 1 aliphatic rings. The largest absolute Gasteiger partial charge is 0.481 e.